The molecule has 6 heteroatoms. The second-order valence-electron chi connectivity index (χ2n) is 5.37. The first kappa shape index (κ1) is 16.4. The molecule has 1 fully saturated rings. The molecule has 1 amide bonds. The highest BCUT2D eigenvalue weighted by atomic mass is 32.2. The van der Waals surface area contributed by atoms with Crippen molar-refractivity contribution in [3.05, 3.63) is 0 Å². The van der Waals surface area contributed by atoms with Gasteiger partial charge in [0.25, 0.3) is 0 Å². The van der Waals surface area contributed by atoms with Crippen molar-refractivity contribution in [2.24, 2.45) is 0 Å². The zero-order valence-corrected chi connectivity index (χ0v) is 13.1. The lowest BCUT2D eigenvalue weighted by atomic mass is 9.94. The molecule has 5 nitrogen and oxygen atoms in total. The molecule has 0 aliphatic heterocycles. The monoisotopic (exact) mass is 290 g/mol. The van der Waals surface area contributed by atoms with E-state index in [-0.39, 0.29) is 24.2 Å². The van der Waals surface area contributed by atoms with E-state index in [0.29, 0.717) is 6.42 Å². The minimum atomic E-state index is -3.28. The third-order valence-corrected chi connectivity index (χ3v) is 5.81. The number of nitrogens with zero attached hydrogens (tertiary/aromatic N) is 2. The summed E-state index contributed by atoms with van der Waals surface area (Å²) >= 11 is 0. The van der Waals surface area contributed by atoms with E-state index in [9.17, 15) is 13.2 Å². The van der Waals surface area contributed by atoms with Crippen molar-refractivity contribution in [1.82, 2.24) is 9.21 Å². The maximum absolute atomic E-state index is 12.1. The fraction of sp³-hybridized carbons (Fsp3) is 0.923. The van der Waals surface area contributed by atoms with Crippen molar-refractivity contribution in [2.75, 3.05) is 26.4 Å². The Morgan fingerprint density at radius 1 is 1.16 bits per heavy atom. The molecule has 0 spiro atoms. The van der Waals surface area contributed by atoms with Crippen molar-refractivity contribution < 1.29 is 13.2 Å². The Bertz CT molecular complexity index is 389. The van der Waals surface area contributed by atoms with Crippen molar-refractivity contribution >= 4 is 15.9 Å². The summed E-state index contributed by atoms with van der Waals surface area (Å²) in [5.74, 6) is -0.00159. The van der Waals surface area contributed by atoms with Crippen LogP contribution in [0, 0.1) is 0 Å². The second kappa shape index (κ2) is 7.24. The first-order valence-corrected chi connectivity index (χ1v) is 8.69. The summed E-state index contributed by atoms with van der Waals surface area (Å²) < 4.78 is 24.8. The predicted molar refractivity (Wildman–Crippen MR) is 76.4 cm³/mol. The molecule has 0 aromatic heterocycles. The number of carbonyl (C=O) groups excluding carboxylic acids is 1. The highest BCUT2D eigenvalue weighted by Crippen LogP contribution is 2.21. The molecule has 1 aliphatic carbocycles. The van der Waals surface area contributed by atoms with E-state index in [4.69, 9.17) is 0 Å². The smallest absolute Gasteiger partial charge is 0.237 e. The van der Waals surface area contributed by atoms with Gasteiger partial charge in [0.05, 0.1) is 12.3 Å². The van der Waals surface area contributed by atoms with Crippen molar-refractivity contribution in [3.63, 3.8) is 0 Å². The lowest BCUT2D eigenvalue weighted by Gasteiger charge is -2.32. The normalized spacial score (nSPS) is 17.7. The van der Waals surface area contributed by atoms with Gasteiger partial charge in [-0.05, 0) is 19.3 Å². The van der Waals surface area contributed by atoms with Gasteiger partial charge in [0, 0.05) is 20.1 Å². The highest BCUT2D eigenvalue weighted by Gasteiger charge is 2.25. The van der Waals surface area contributed by atoms with E-state index < -0.39 is 10.0 Å². The van der Waals surface area contributed by atoms with Gasteiger partial charge >= 0.3 is 0 Å². The maximum Gasteiger partial charge on any atom is 0.237 e. The molecule has 112 valence electrons. The van der Waals surface area contributed by atoms with E-state index in [2.05, 4.69) is 0 Å². The van der Waals surface area contributed by atoms with Gasteiger partial charge < -0.3 is 4.90 Å². The number of amides is 1. The SMILES string of the molecule is CCCS(=O)(=O)N(C)CC(=O)N(C)C1CCCCC1. The average Bonchev–Trinajstić information content (AvgIpc) is 2.38. The van der Waals surface area contributed by atoms with Crippen LogP contribution in [0.25, 0.3) is 0 Å². The first-order chi connectivity index (χ1) is 8.88. The van der Waals surface area contributed by atoms with Gasteiger partial charge in [-0.25, -0.2) is 8.42 Å². The van der Waals surface area contributed by atoms with Gasteiger partial charge in [-0.15, -0.1) is 0 Å². The lowest BCUT2D eigenvalue weighted by molar-refractivity contribution is -0.132. The summed E-state index contributed by atoms with van der Waals surface area (Å²) in [4.78, 5) is 13.9. The Hall–Kier alpha value is -0.620. The van der Waals surface area contributed by atoms with E-state index in [1.54, 1.807) is 11.9 Å². The zero-order valence-electron chi connectivity index (χ0n) is 12.3. The Labute approximate surface area is 117 Å². The molecule has 1 saturated carbocycles. The van der Waals surface area contributed by atoms with Crippen LogP contribution >= 0.6 is 0 Å². The van der Waals surface area contributed by atoms with Gasteiger partial charge in [-0.2, -0.15) is 4.31 Å². The molecule has 1 aliphatic rings. The van der Waals surface area contributed by atoms with Crippen molar-refractivity contribution in [2.45, 2.75) is 51.5 Å². The maximum atomic E-state index is 12.1. The molecule has 0 heterocycles. The molecule has 0 atom stereocenters. The third-order valence-electron chi connectivity index (χ3n) is 3.81. The number of hydrogen-bond acceptors (Lipinski definition) is 3. The summed E-state index contributed by atoms with van der Waals surface area (Å²) in [7, 11) is -0.00981. The molecule has 0 radical (unpaired) electrons. The molecule has 0 aromatic rings. The summed E-state index contributed by atoms with van der Waals surface area (Å²) in [6, 6.07) is 0.281. The van der Waals surface area contributed by atoms with Crippen LogP contribution in [0.5, 0.6) is 0 Å². The largest absolute Gasteiger partial charge is 0.342 e. The van der Waals surface area contributed by atoms with E-state index in [1.807, 2.05) is 6.92 Å². The van der Waals surface area contributed by atoms with Gasteiger partial charge in [0.1, 0.15) is 0 Å². The lowest BCUT2D eigenvalue weighted by Crippen LogP contribution is -2.44. The first-order valence-electron chi connectivity index (χ1n) is 7.08. The Morgan fingerprint density at radius 2 is 1.74 bits per heavy atom. The Balaban J connectivity index is 2.53. The molecular weight excluding hydrogens is 264 g/mol. The number of carbonyl (C=O) groups is 1. The van der Waals surface area contributed by atoms with Gasteiger partial charge in [-0.3, -0.25) is 4.79 Å². The summed E-state index contributed by atoms with van der Waals surface area (Å²) in [6.07, 6.45) is 6.20. The molecule has 1 rings (SSSR count). The fourth-order valence-corrected chi connectivity index (χ4v) is 3.62. The molecule has 0 unspecified atom stereocenters. The summed E-state index contributed by atoms with van der Waals surface area (Å²) in [5.41, 5.74) is 0. The molecule has 0 N–H and O–H groups in total. The van der Waals surface area contributed by atoms with Crippen LogP contribution in [0.3, 0.4) is 0 Å². The summed E-state index contributed by atoms with van der Waals surface area (Å²) in [5, 5.41) is 0. The number of sulfonamides is 1. The van der Waals surface area contributed by atoms with Crippen LogP contribution in [0.15, 0.2) is 0 Å². The van der Waals surface area contributed by atoms with Crippen LogP contribution in [0.4, 0.5) is 0 Å². The second-order valence-corrected chi connectivity index (χ2v) is 7.56. The van der Waals surface area contributed by atoms with Crippen LogP contribution in [0.1, 0.15) is 45.4 Å². The topological polar surface area (TPSA) is 57.7 Å². The minimum absolute atomic E-state index is 0.0463. The van der Waals surface area contributed by atoms with Crippen LogP contribution < -0.4 is 0 Å². The van der Waals surface area contributed by atoms with Crippen LogP contribution in [-0.4, -0.2) is 56.0 Å². The fourth-order valence-electron chi connectivity index (χ4n) is 2.49. The molecular formula is C13H26N2O3S. The standard InChI is InChI=1S/C13H26N2O3S/c1-4-10-19(17,18)14(2)11-13(16)15(3)12-8-6-5-7-9-12/h12H,4-11H2,1-3H3. The number of hydrogen-bond donors (Lipinski definition) is 0. The predicted octanol–water partition coefficient (Wildman–Crippen LogP) is 1.45. The summed E-state index contributed by atoms with van der Waals surface area (Å²) in [6.45, 7) is 1.77. The van der Waals surface area contributed by atoms with Gasteiger partial charge in [0.15, 0.2) is 0 Å². The molecule has 0 bridgehead atoms. The Kier molecular flexibility index (Phi) is 6.26. The van der Waals surface area contributed by atoms with Crippen molar-refractivity contribution in [3.8, 4) is 0 Å². The van der Waals surface area contributed by atoms with Crippen LogP contribution in [0.2, 0.25) is 0 Å². The number of rotatable bonds is 6. The average molecular weight is 290 g/mol. The zero-order chi connectivity index (χ0) is 14.5. The van der Waals surface area contributed by atoms with E-state index in [0.717, 1.165) is 25.7 Å². The molecule has 19 heavy (non-hydrogen) atoms. The minimum Gasteiger partial charge on any atom is -0.342 e. The van der Waals surface area contributed by atoms with E-state index >= 15 is 0 Å². The van der Waals surface area contributed by atoms with E-state index in [1.165, 1.54) is 17.8 Å². The Morgan fingerprint density at radius 3 is 2.26 bits per heavy atom. The quantitative estimate of drug-likeness (QED) is 0.744. The van der Waals surface area contributed by atoms with Gasteiger partial charge in [-0.1, -0.05) is 26.2 Å². The number of likely N-dealkylation sites (N-methyl/N-ethyl adjacent to an activating group) is 2. The van der Waals surface area contributed by atoms with Crippen molar-refractivity contribution in [1.29, 1.82) is 0 Å². The molecule has 0 aromatic carbocycles. The van der Waals surface area contributed by atoms with Gasteiger partial charge in [0.2, 0.25) is 15.9 Å². The molecule has 0 saturated heterocycles. The van der Waals surface area contributed by atoms with Crippen LogP contribution in [-0.2, 0) is 14.8 Å². The third kappa shape index (κ3) is 4.76. The highest BCUT2D eigenvalue weighted by molar-refractivity contribution is 7.89.